The molecule has 0 fully saturated rings. The van der Waals surface area contributed by atoms with Crippen molar-refractivity contribution >= 4 is 11.8 Å². The number of hydrazine groups is 1. The molecule has 8 nitrogen and oxygen atoms in total. The van der Waals surface area contributed by atoms with Crippen molar-refractivity contribution in [3.05, 3.63) is 58.5 Å². The first-order valence-electron chi connectivity index (χ1n) is 8.86. The number of aromatic nitrogens is 1. The van der Waals surface area contributed by atoms with Gasteiger partial charge in [-0.3, -0.25) is 25.2 Å². The van der Waals surface area contributed by atoms with Crippen LogP contribution >= 0.6 is 0 Å². The van der Waals surface area contributed by atoms with E-state index in [2.05, 4.69) is 5.43 Å². The van der Waals surface area contributed by atoms with Crippen LogP contribution in [-0.2, 0) is 22.3 Å². The predicted molar refractivity (Wildman–Crippen MR) is 99.7 cm³/mol. The Bertz CT molecular complexity index is 942. The summed E-state index contributed by atoms with van der Waals surface area (Å²) in [5, 5.41) is 0. The Labute approximate surface area is 169 Å². The zero-order valence-corrected chi connectivity index (χ0v) is 16.2. The number of nitrogens with zero attached hydrogens (tertiary/aromatic N) is 1. The van der Waals surface area contributed by atoms with Crippen molar-refractivity contribution in [2.75, 3.05) is 6.61 Å². The molecule has 2 amide bonds. The Kier molecular flexibility index (Phi) is 7.45. The van der Waals surface area contributed by atoms with Gasteiger partial charge in [-0.1, -0.05) is 0 Å². The van der Waals surface area contributed by atoms with Crippen LogP contribution in [-0.4, -0.2) is 29.1 Å². The minimum Gasteiger partial charge on any atom is -0.494 e. The molecule has 1 atom stereocenters. The molecule has 0 spiro atoms. The normalized spacial score (nSPS) is 12.0. The van der Waals surface area contributed by atoms with E-state index in [4.69, 9.17) is 9.47 Å². The van der Waals surface area contributed by atoms with Gasteiger partial charge in [-0.25, -0.2) is 0 Å². The molecule has 0 saturated heterocycles. The molecule has 162 valence electrons. The molecule has 1 unspecified atom stereocenters. The van der Waals surface area contributed by atoms with Gasteiger partial charge in [0, 0.05) is 6.20 Å². The molecule has 11 heteroatoms. The van der Waals surface area contributed by atoms with Crippen LogP contribution in [0.3, 0.4) is 0 Å². The van der Waals surface area contributed by atoms with Gasteiger partial charge in [-0.05, 0) is 50.2 Å². The number of carbonyl (C=O) groups excluding carboxylic acids is 2. The third-order valence-electron chi connectivity index (χ3n) is 3.78. The smallest absolute Gasteiger partial charge is 0.421 e. The highest BCUT2D eigenvalue weighted by molar-refractivity contribution is 5.84. The van der Waals surface area contributed by atoms with E-state index >= 15 is 0 Å². The van der Waals surface area contributed by atoms with Gasteiger partial charge in [-0.2, -0.15) is 13.2 Å². The van der Waals surface area contributed by atoms with Gasteiger partial charge in [0.25, 0.3) is 17.4 Å². The molecule has 2 rings (SSSR count). The number of amides is 2. The number of rotatable bonds is 7. The molecule has 0 radical (unpaired) electrons. The Morgan fingerprint density at radius 3 is 2.33 bits per heavy atom. The van der Waals surface area contributed by atoms with E-state index < -0.39 is 41.8 Å². The second kappa shape index (κ2) is 9.81. The van der Waals surface area contributed by atoms with E-state index in [9.17, 15) is 27.6 Å². The van der Waals surface area contributed by atoms with E-state index in [1.807, 2.05) is 12.3 Å². The van der Waals surface area contributed by atoms with Crippen LogP contribution in [0.5, 0.6) is 11.5 Å². The summed E-state index contributed by atoms with van der Waals surface area (Å²) in [6, 6.07) is 8.16. The lowest BCUT2D eigenvalue weighted by Gasteiger charge is -2.16. The van der Waals surface area contributed by atoms with E-state index in [1.165, 1.54) is 6.92 Å². The van der Waals surface area contributed by atoms with Gasteiger partial charge < -0.3 is 14.0 Å². The third kappa shape index (κ3) is 6.26. The SMILES string of the molecule is CCOc1ccc(OC(C)C(=O)NNC(=O)Cn2cccc(C(F)(F)F)c2=O)cc1. The van der Waals surface area contributed by atoms with E-state index in [-0.39, 0.29) is 0 Å². The minimum absolute atomic E-state index is 0.392. The Balaban J connectivity index is 1.88. The van der Waals surface area contributed by atoms with Crippen molar-refractivity contribution in [1.82, 2.24) is 15.4 Å². The lowest BCUT2D eigenvalue weighted by atomic mass is 10.2. The van der Waals surface area contributed by atoms with E-state index in [1.54, 1.807) is 24.3 Å². The van der Waals surface area contributed by atoms with Gasteiger partial charge >= 0.3 is 6.18 Å². The Morgan fingerprint density at radius 1 is 1.10 bits per heavy atom. The molecule has 2 aromatic rings. The number of alkyl halides is 3. The first kappa shape index (κ1) is 22.8. The average molecular weight is 427 g/mol. The van der Waals surface area contributed by atoms with Crippen molar-refractivity contribution in [3.63, 3.8) is 0 Å². The topological polar surface area (TPSA) is 98.7 Å². The molecular formula is C19H20F3N3O5. The molecule has 0 aliphatic carbocycles. The predicted octanol–water partition coefficient (Wildman–Crippen LogP) is 1.88. The molecule has 1 heterocycles. The summed E-state index contributed by atoms with van der Waals surface area (Å²) in [5.74, 6) is -0.561. The van der Waals surface area contributed by atoms with Crippen molar-refractivity contribution < 1.29 is 32.2 Å². The first-order chi connectivity index (χ1) is 14.1. The van der Waals surface area contributed by atoms with Crippen molar-refractivity contribution in [1.29, 1.82) is 0 Å². The Hall–Kier alpha value is -3.50. The zero-order chi connectivity index (χ0) is 22.3. The minimum atomic E-state index is -4.83. The number of hydrogen-bond acceptors (Lipinski definition) is 5. The van der Waals surface area contributed by atoms with Gasteiger partial charge in [0.2, 0.25) is 0 Å². The molecule has 0 bridgehead atoms. The fourth-order valence-corrected chi connectivity index (χ4v) is 2.34. The number of nitrogens with one attached hydrogen (secondary N) is 2. The maximum atomic E-state index is 12.8. The number of ether oxygens (including phenoxy) is 2. The summed E-state index contributed by atoms with van der Waals surface area (Å²) in [6.45, 7) is 3.08. The van der Waals surface area contributed by atoms with Crippen LogP contribution in [0.1, 0.15) is 19.4 Å². The lowest BCUT2D eigenvalue weighted by molar-refractivity contribution is -0.139. The van der Waals surface area contributed by atoms with Gasteiger partial charge in [0.05, 0.1) is 6.61 Å². The standard InChI is InChI=1S/C19H20F3N3O5/c1-3-29-13-6-8-14(9-7-13)30-12(2)17(27)24-23-16(26)11-25-10-4-5-15(18(25)28)19(20,21)22/h4-10,12H,3,11H2,1-2H3,(H,23,26)(H,24,27). The van der Waals surface area contributed by atoms with Crippen LogP contribution in [0.25, 0.3) is 0 Å². The van der Waals surface area contributed by atoms with Crippen LogP contribution in [0.4, 0.5) is 13.2 Å². The number of hydrogen-bond donors (Lipinski definition) is 2. The number of carbonyl (C=O) groups is 2. The summed E-state index contributed by atoms with van der Waals surface area (Å²) >= 11 is 0. The highest BCUT2D eigenvalue weighted by Gasteiger charge is 2.34. The largest absolute Gasteiger partial charge is 0.494 e. The zero-order valence-electron chi connectivity index (χ0n) is 16.2. The lowest BCUT2D eigenvalue weighted by Crippen LogP contribution is -2.48. The van der Waals surface area contributed by atoms with Crippen LogP contribution in [0.15, 0.2) is 47.4 Å². The van der Waals surface area contributed by atoms with E-state index in [0.29, 0.717) is 28.7 Å². The number of pyridine rings is 1. The fourth-order valence-electron chi connectivity index (χ4n) is 2.34. The molecular weight excluding hydrogens is 407 g/mol. The molecule has 1 aromatic heterocycles. The maximum Gasteiger partial charge on any atom is 0.421 e. The number of halogens is 3. The summed E-state index contributed by atoms with van der Waals surface area (Å²) in [5.41, 5.74) is 1.37. The second-order valence-corrected chi connectivity index (χ2v) is 6.05. The summed E-state index contributed by atoms with van der Waals surface area (Å²) in [4.78, 5) is 35.7. The van der Waals surface area contributed by atoms with Crippen molar-refractivity contribution in [2.45, 2.75) is 32.7 Å². The van der Waals surface area contributed by atoms with Crippen LogP contribution in [0, 0.1) is 0 Å². The summed E-state index contributed by atoms with van der Waals surface area (Å²) < 4.78 is 49.6. The van der Waals surface area contributed by atoms with Crippen LogP contribution < -0.4 is 25.9 Å². The molecule has 1 aromatic carbocycles. The Morgan fingerprint density at radius 2 is 1.73 bits per heavy atom. The molecule has 2 N–H and O–H groups in total. The summed E-state index contributed by atoms with van der Waals surface area (Å²) in [6.07, 6.45) is -4.78. The quantitative estimate of drug-likeness (QED) is 0.658. The molecule has 0 saturated carbocycles. The monoisotopic (exact) mass is 427 g/mol. The summed E-state index contributed by atoms with van der Waals surface area (Å²) in [7, 11) is 0. The molecule has 30 heavy (non-hydrogen) atoms. The van der Waals surface area contributed by atoms with Gasteiger partial charge in [0.15, 0.2) is 6.10 Å². The highest BCUT2D eigenvalue weighted by atomic mass is 19.4. The maximum absolute atomic E-state index is 12.8. The molecule has 0 aliphatic rings. The number of benzene rings is 1. The first-order valence-corrected chi connectivity index (χ1v) is 8.86. The van der Waals surface area contributed by atoms with Crippen molar-refractivity contribution in [3.8, 4) is 11.5 Å². The van der Waals surface area contributed by atoms with Crippen LogP contribution in [0.2, 0.25) is 0 Å². The van der Waals surface area contributed by atoms with Gasteiger partial charge in [0.1, 0.15) is 23.6 Å². The molecule has 0 aliphatic heterocycles. The fraction of sp³-hybridized carbons (Fsp3) is 0.316. The average Bonchev–Trinajstić information content (AvgIpc) is 2.68. The second-order valence-electron chi connectivity index (χ2n) is 6.05. The van der Waals surface area contributed by atoms with E-state index in [0.717, 1.165) is 12.3 Å². The third-order valence-corrected chi connectivity index (χ3v) is 3.78. The highest BCUT2D eigenvalue weighted by Crippen LogP contribution is 2.25. The van der Waals surface area contributed by atoms with Crippen molar-refractivity contribution in [2.24, 2.45) is 0 Å². The van der Waals surface area contributed by atoms with Gasteiger partial charge in [-0.15, -0.1) is 0 Å².